The van der Waals surface area contributed by atoms with Crippen LogP contribution in [0.1, 0.15) is 34.6 Å². The number of esters is 4. The van der Waals surface area contributed by atoms with Crippen molar-refractivity contribution in [3.8, 4) is 0 Å². The molecule has 1 amide bonds. The van der Waals surface area contributed by atoms with Gasteiger partial charge in [0.15, 0.2) is 12.3 Å². The SMILES string of the molecule is C=[N+](/C=C\C=C(/C)C(N)=O)[C@@H]1O[C@H](COP(=O)(N[C@@H](C)C(=O)OC)N[C@@H](C)C(=O)OC)[C@@H](OC(C)=O)[C@H]1OC(C)=O. The minimum absolute atomic E-state index is 0.251. The molecule has 0 aliphatic carbocycles. The molecule has 1 aliphatic rings. The van der Waals surface area contributed by atoms with Crippen LogP contribution in [0.4, 0.5) is 0 Å². The third-order valence-electron chi connectivity index (χ3n) is 5.49. The lowest BCUT2D eigenvalue weighted by atomic mass is 10.1. The van der Waals surface area contributed by atoms with Crippen molar-refractivity contribution in [3.63, 3.8) is 0 Å². The van der Waals surface area contributed by atoms with E-state index in [1.54, 1.807) is 0 Å². The summed E-state index contributed by atoms with van der Waals surface area (Å²) in [5.74, 6) is -3.65. The Bertz CT molecular complexity index is 1100. The van der Waals surface area contributed by atoms with Gasteiger partial charge in [-0.3, -0.25) is 28.5 Å². The zero-order chi connectivity index (χ0) is 31.5. The van der Waals surface area contributed by atoms with Crippen molar-refractivity contribution in [3.05, 3.63) is 23.9 Å². The summed E-state index contributed by atoms with van der Waals surface area (Å²) < 4.78 is 46.6. The summed E-state index contributed by atoms with van der Waals surface area (Å²) in [7, 11) is -1.97. The standard InChI is InChI=1S/C24H37N4O12P/c1-13(21(25)31)10-9-11-28(6)22-20(39-17(5)30)19(38-16(4)29)18(40-22)12-37-41(34,26-14(2)23(32)35-7)27-15(3)24(33)36-8/h9-11,14-15,18-20,22H,6,12H2,1-5,7-8H3,(H3-,25,26,27,31,34)/p+1/b11-9-,13-10+/t14-,15-,18+,19+,20+,22+/m0/s1. The molecule has 6 atom stereocenters. The van der Waals surface area contributed by atoms with Crippen molar-refractivity contribution in [2.24, 2.45) is 5.73 Å². The largest absolute Gasteiger partial charge is 0.468 e. The Hall–Kier alpha value is -3.43. The second kappa shape index (κ2) is 16.1. The van der Waals surface area contributed by atoms with Crippen LogP contribution in [0.15, 0.2) is 23.9 Å². The highest BCUT2D eigenvalue weighted by Gasteiger charge is 2.54. The molecule has 0 bridgehead atoms. The van der Waals surface area contributed by atoms with Gasteiger partial charge in [0.1, 0.15) is 24.9 Å². The van der Waals surface area contributed by atoms with Gasteiger partial charge in [-0.2, -0.15) is 4.58 Å². The number of carbonyl (C=O) groups excluding carboxylic acids is 5. The van der Waals surface area contributed by atoms with E-state index in [0.717, 1.165) is 28.1 Å². The van der Waals surface area contributed by atoms with Gasteiger partial charge in [0, 0.05) is 25.5 Å². The lowest BCUT2D eigenvalue weighted by Crippen LogP contribution is -2.44. The van der Waals surface area contributed by atoms with E-state index in [2.05, 4.69) is 26.4 Å². The number of nitrogens with two attached hydrogens (primary N) is 1. The second-order valence-electron chi connectivity index (χ2n) is 8.88. The normalized spacial score (nSPS) is 22.5. The molecule has 1 aliphatic heterocycles. The summed E-state index contributed by atoms with van der Waals surface area (Å²) in [5.41, 5.74) is 5.46. The van der Waals surface area contributed by atoms with Crippen molar-refractivity contribution >= 4 is 44.2 Å². The molecule has 0 unspecified atom stereocenters. The summed E-state index contributed by atoms with van der Waals surface area (Å²) in [5, 5.41) is 4.94. The molecule has 41 heavy (non-hydrogen) atoms. The van der Waals surface area contributed by atoms with Crippen LogP contribution >= 0.6 is 7.67 Å². The number of nitrogens with zero attached hydrogens (tertiary/aromatic N) is 1. The zero-order valence-corrected chi connectivity index (χ0v) is 24.9. The van der Waals surface area contributed by atoms with Gasteiger partial charge in [0.05, 0.1) is 20.8 Å². The van der Waals surface area contributed by atoms with Gasteiger partial charge in [-0.05, 0) is 26.8 Å². The average Bonchev–Trinajstić information content (AvgIpc) is 3.21. The van der Waals surface area contributed by atoms with Gasteiger partial charge in [-0.25, -0.2) is 10.2 Å². The Morgan fingerprint density at radius 2 is 1.46 bits per heavy atom. The molecule has 0 spiro atoms. The Morgan fingerprint density at radius 3 is 1.90 bits per heavy atom. The molecule has 4 N–H and O–H groups in total. The van der Waals surface area contributed by atoms with Gasteiger partial charge in [-0.15, -0.1) is 0 Å². The first-order valence-electron chi connectivity index (χ1n) is 12.2. The fourth-order valence-corrected chi connectivity index (χ4v) is 5.30. The molecular weight excluding hydrogens is 567 g/mol. The Balaban J connectivity index is 3.34. The van der Waals surface area contributed by atoms with E-state index >= 15 is 0 Å². The lowest BCUT2D eigenvalue weighted by molar-refractivity contribution is -0.555. The van der Waals surface area contributed by atoms with Gasteiger partial charge in [0.2, 0.25) is 12.0 Å². The molecule has 0 aromatic rings. The summed E-state index contributed by atoms with van der Waals surface area (Å²) >= 11 is 0. The summed E-state index contributed by atoms with van der Waals surface area (Å²) in [6.07, 6.45) is -0.560. The third kappa shape index (κ3) is 11.2. The smallest absolute Gasteiger partial charge is 0.342 e. The van der Waals surface area contributed by atoms with Crippen LogP contribution in [0.5, 0.6) is 0 Å². The number of hydrogen-bond donors (Lipinski definition) is 3. The van der Waals surface area contributed by atoms with Crippen molar-refractivity contribution < 1.29 is 61.3 Å². The number of hydrogen-bond acceptors (Lipinski definition) is 12. The van der Waals surface area contributed by atoms with E-state index in [1.807, 2.05) is 0 Å². The van der Waals surface area contributed by atoms with Crippen molar-refractivity contribution in [1.82, 2.24) is 10.2 Å². The fourth-order valence-electron chi connectivity index (χ4n) is 3.48. The van der Waals surface area contributed by atoms with E-state index in [4.69, 9.17) is 24.5 Å². The number of allylic oxidation sites excluding steroid dienone is 2. The fraction of sp³-hybridized carbons (Fsp3) is 0.583. The van der Waals surface area contributed by atoms with Crippen molar-refractivity contribution in [1.29, 1.82) is 0 Å². The predicted octanol–water partition coefficient (Wildman–Crippen LogP) is -0.340. The van der Waals surface area contributed by atoms with E-state index in [9.17, 15) is 28.5 Å². The first-order valence-corrected chi connectivity index (χ1v) is 13.9. The van der Waals surface area contributed by atoms with Crippen LogP contribution < -0.4 is 15.9 Å². The highest BCUT2D eigenvalue weighted by Crippen LogP contribution is 2.41. The van der Waals surface area contributed by atoms with Gasteiger partial charge < -0.3 is 33.9 Å². The van der Waals surface area contributed by atoms with E-state index in [-0.39, 0.29) is 5.57 Å². The maximum absolute atomic E-state index is 13.7. The monoisotopic (exact) mass is 605 g/mol. The Kier molecular flexibility index (Phi) is 14.0. The number of rotatable bonds is 15. The van der Waals surface area contributed by atoms with Crippen molar-refractivity contribution in [2.45, 2.75) is 71.2 Å². The lowest BCUT2D eigenvalue weighted by Gasteiger charge is -2.27. The molecular formula is C24H38N4O12P+. The van der Waals surface area contributed by atoms with Crippen LogP contribution in [0.2, 0.25) is 0 Å². The maximum atomic E-state index is 13.7. The molecule has 1 fully saturated rings. The van der Waals surface area contributed by atoms with Gasteiger partial charge in [-0.1, -0.05) is 0 Å². The Morgan fingerprint density at radius 1 is 0.976 bits per heavy atom. The van der Waals surface area contributed by atoms with Crippen LogP contribution in [-0.2, 0) is 56.7 Å². The minimum Gasteiger partial charge on any atom is -0.468 e. The Labute approximate surface area is 237 Å². The van der Waals surface area contributed by atoms with Crippen LogP contribution in [-0.4, -0.2) is 98.5 Å². The molecule has 1 rings (SSSR count). The quantitative estimate of drug-likeness (QED) is 0.0415. The topological polar surface area (TPSA) is 211 Å². The second-order valence-corrected chi connectivity index (χ2v) is 10.8. The average molecular weight is 606 g/mol. The predicted molar refractivity (Wildman–Crippen MR) is 142 cm³/mol. The van der Waals surface area contributed by atoms with E-state index < -0.39 is 80.7 Å². The molecule has 1 heterocycles. The van der Waals surface area contributed by atoms with E-state index in [0.29, 0.717) is 0 Å². The molecule has 230 valence electrons. The number of carbonyl (C=O) groups is 5. The molecule has 0 aromatic carbocycles. The maximum Gasteiger partial charge on any atom is 0.342 e. The minimum atomic E-state index is -4.23. The van der Waals surface area contributed by atoms with Crippen LogP contribution in [0.25, 0.3) is 0 Å². The first-order chi connectivity index (χ1) is 19.0. The van der Waals surface area contributed by atoms with E-state index in [1.165, 1.54) is 43.7 Å². The highest BCUT2D eigenvalue weighted by atomic mass is 31.2. The van der Waals surface area contributed by atoms with Crippen molar-refractivity contribution in [2.75, 3.05) is 20.8 Å². The number of methoxy groups -OCH3 is 2. The van der Waals surface area contributed by atoms with Crippen LogP contribution in [0.3, 0.4) is 0 Å². The molecule has 0 aromatic heterocycles. The molecule has 16 nitrogen and oxygen atoms in total. The highest BCUT2D eigenvalue weighted by molar-refractivity contribution is 7.54. The van der Waals surface area contributed by atoms with Gasteiger partial charge >= 0.3 is 37.8 Å². The molecule has 17 heteroatoms. The number of amides is 1. The third-order valence-corrected chi connectivity index (χ3v) is 7.45. The number of primary amides is 1. The first kappa shape index (κ1) is 35.6. The molecule has 0 radical (unpaired) electrons. The number of ether oxygens (including phenoxy) is 5. The zero-order valence-electron chi connectivity index (χ0n) is 24.0. The molecule has 0 saturated carbocycles. The van der Waals surface area contributed by atoms with Crippen LogP contribution in [0, 0.1) is 0 Å². The van der Waals surface area contributed by atoms with Gasteiger partial charge in [0.25, 0.3) is 0 Å². The summed E-state index contributed by atoms with van der Waals surface area (Å²) in [4.78, 5) is 59.0. The summed E-state index contributed by atoms with van der Waals surface area (Å²) in [6, 6.07) is -2.29. The molecule has 1 saturated heterocycles. The summed E-state index contributed by atoms with van der Waals surface area (Å²) in [6.45, 7) is 9.75. The number of nitrogens with one attached hydrogen (secondary N) is 2.